The van der Waals surface area contributed by atoms with Crippen LogP contribution in [0.4, 0.5) is 4.79 Å². The molecule has 0 unspecified atom stereocenters. The number of carbonyl (C=O) groups excluding carboxylic acids is 3. The van der Waals surface area contributed by atoms with Crippen LogP contribution in [0.15, 0.2) is 30.3 Å². The number of carbonyl (C=O) groups is 3. The highest BCUT2D eigenvalue weighted by Crippen LogP contribution is 2.00. The molecule has 0 fully saturated rings. The normalized spacial score (nSPS) is 9.31. The van der Waals surface area contributed by atoms with E-state index in [4.69, 9.17) is 0 Å². The van der Waals surface area contributed by atoms with Gasteiger partial charge < -0.3 is 4.74 Å². The fourth-order valence-electron chi connectivity index (χ4n) is 0.929. The third kappa shape index (κ3) is 4.39. The standard InChI is InChI=1S/C10H8INO4/c11-10(15)12-8(13)9(14)16-6-7-4-2-1-3-5-7/h1-5H,6H2,(H,12,13,15). The van der Waals surface area contributed by atoms with Gasteiger partial charge in [0.1, 0.15) is 6.61 Å². The summed E-state index contributed by atoms with van der Waals surface area (Å²) in [5, 5.41) is 1.81. The number of rotatable bonds is 2. The first-order valence-electron chi connectivity index (χ1n) is 4.31. The number of benzene rings is 1. The molecule has 6 heteroatoms. The molecule has 0 atom stereocenters. The molecule has 0 aliphatic rings. The summed E-state index contributed by atoms with van der Waals surface area (Å²) >= 11 is 1.35. The fourth-order valence-corrected chi connectivity index (χ4v) is 1.17. The average molecular weight is 333 g/mol. The van der Waals surface area contributed by atoms with Crippen LogP contribution in [0.5, 0.6) is 0 Å². The van der Waals surface area contributed by atoms with Gasteiger partial charge in [0.25, 0.3) is 3.91 Å². The largest absolute Gasteiger partial charge is 0.454 e. The molecule has 0 aromatic heterocycles. The van der Waals surface area contributed by atoms with E-state index in [2.05, 4.69) is 4.74 Å². The highest BCUT2D eigenvalue weighted by molar-refractivity contribution is 14.1. The van der Waals surface area contributed by atoms with Gasteiger partial charge in [-0.1, -0.05) is 30.3 Å². The summed E-state index contributed by atoms with van der Waals surface area (Å²) in [7, 11) is 0. The molecule has 0 saturated heterocycles. The first kappa shape index (κ1) is 12.6. The quantitative estimate of drug-likeness (QED) is 0.292. The molecule has 84 valence electrons. The lowest BCUT2D eigenvalue weighted by molar-refractivity contribution is -0.155. The number of imide groups is 1. The second-order valence-corrected chi connectivity index (χ2v) is 3.77. The van der Waals surface area contributed by atoms with Crippen molar-refractivity contribution in [2.45, 2.75) is 6.61 Å². The lowest BCUT2D eigenvalue weighted by Gasteiger charge is -2.03. The van der Waals surface area contributed by atoms with E-state index in [0.717, 1.165) is 5.56 Å². The summed E-state index contributed by atoms with van der Waals surface area (Å²) in [4.78, 5) is 32.5. The van der Waals surface area contributed by atoms with Gasteiger partial charge in [-0.05, 0) is 5.56 Å². The van der Waals surface area contributed by atoms with Crippen molar-refractivity contribution in [1.29, 1.82) is 0 Å². The van der Waals surface area contributed by atoms with E-state index < -0.39 is 15.8 Å². The highest BCUT2D eigenvalue weighted by Gasteiger charge is 2.16. The van der Waals surface area contributed by atoms with Gasteiger partial charge in [0, 0.05) is 22.6 Å². The molecule has 0 aliphatic carbocycles. The van der Waals surface area contributed by atoms with Crippen LogP contribution in [0.2, 0.25) is 0 Å². The summed E-state index contributed by atoms with van der Waals surface area (Å²) in [6, 6.07) is 8.92. The first-order valence-corrected chi connectivity index (χ1v) is 5.39. The number of esters is 1. The summed E-state index contributed by atoms with van der Waals surface area (Å²) < 4.78 is 4.06. The Hall–Kier alpha value is -1.44. The first-order chi connectivity index (χ1) is 7.59. The Labute approximate surface area is 105 Å². The van der Waals surface area contributed by atoms with Gasteiger partial charge >= 0.3 is 11.9 Å². The number of ether oxygens (including phenoxy) is 1. The van der Waals surface area contributed by atoms with Crippen LogP contribution in [-0.4, -0.2) is 15.8 Å². The second kappa shape index (κ2) is 6.21. The Morgan fingerprint density at radius 2 is 1.81 bits per heavy atom. The molecule has 0 saturated carbocycles. The van der Waals surface area contributed by atoms with Gasteiger partial charge in [-0.3, -0.25) is 14.9 Å². The third-order valence-corrected chi connectivity index (χ3v) is 1.88. The number of nitrogens with one attached hydrogen (secondary N) is 1. The van der Waals surface area contributed by atoms with E-state index in [1.54, 1.807) is 24.3 Å². The fraction of sp³-hybridized carbons (Fsp3) is 0.100. The Bertz CT molecular complexity index is 405. The van der Waals surface area contributed by atoms with Gasteiger partial charge in [0.15, 0.2) is 0 Å². The topological polar surface area (TPSA) is 72.5 Å². The molecule has 5 nitrogen and oxygen atoms in total. The van der Waals surface area contributed by atoms with Crippen LogP contribution in [0.3, 0.4) is 0 Å². The molecule has 0 radical (unpaired) electrons. The van der Waals surface area contributed by atoms with Crippen molar-refractivity contribution in [2.75, 3.05) is 0 Å². The maximum absolute atomic E-state index is 11.1. The van der Waals surface area contributed by atoms with Crippen LogP contribution in [-0.2, 0) is 20.9 Å². The minimum atomic E-state index is -1.08. The smallest absolute Gasteiger partial charge is 0.397 e. The Balaban J connectivity index is 2.41. The molecular formula is C10H8INO4. The summed E-state index contributed by atoms with van der Waals surface area (Å²) in [5.41, 5.74) is 0.768. The van der Waals surface area contributed by atoms with Crippen molar-refractivity contribution >= 4 is 38.4 Å². The molecular weight excluding hydrogens is 325 g/mol. The van der Waals surface area contributed by atoms with Crippen LogP contribution in [0.25, 0.3) is 0 Å². The molecule has 1 aromatic rings. The van der Waals surface area contributed by atoms with Crippen molar-refractivity contribution in [1.82, 2.24) is 5.32 Å². The van der Waals surface area contributed by atoms with Gasteiger partial charge in [-0.15, -0.1) is 0 Å². The van der Waals surface area contributed by atoms with Crippen molar-refractivity contribution in [3.8, 4) is 0 Å². The van der Waals surface area contributed by atoms with E-state index in [1.165, 1.54) is 22.6 Å². The van der Waals surface area contributed by atoms with Crippen LogP contribution < -0.4 is 5.32 Å². The van der Waals surface area contributed by atoms with E-state index in [-0.39, 0.29) is 6.61 Å². The summed E-state index contributed by atoms with van der Waals surface area (Å²) in [5.74, 6) is -2.13. The summed E-state index contributed by atoms with van der Waals surface area (Å²) in [6.45, 7) is 0.00251. The Morgan fingerprint density at radius 3 is 2.38 bits per heavy atom. The molecule has 0 bridgehead atoms. The Kier molecular flexibility index (Phi) is 4.90. The van der Waals surface area contributed by atoms with Crippen LogP contribution >= 0.6 is 22.6 Å². The third-order valence-electron chi connectivity index (χ3n) is 1.61. The zero-order valence-electron chi connectivity index (χ0n) is 8.10. The molecule has 1 aromatic carbocycles. The predicted octanol–water partition coefficient (Wildman–Crippen LogP) is 1.40. The monoisotopic (exact) mass is 333 g/mol. The Morgan fingerprint density at radius 1 is 1.19 bits per heavy atom. The molecule has 1 N–H and O–H groups in total. The van der Waals surface area contributed by atoms with E-state index in [9.17, 15) is 14.4 Å². The number of hydrogen-bond donors (Lipinski definition) is 1. The molecule has 0 aliphatic heterocycles. The predicted molar refractivity (Wildman–Crippen MR) is 63.8 cm³/mol. The molecule has 1 rings (SSSR count). The van der Waals surface area contributed by atoms with E-state index in [0.29, 0.717) is 0 Å². The van der Waals surface area contributed by atoms with Crippen molar-refractivity contribution in [2.24, 2.45) is 0 Å². The van der Waals surface area contributed by atoms with Crippen molar-refractivity contribution in [3.05, 3.63) is 35.9 Å². The van der Waals surface area contributed by atoms with E-state index in [1.807, 2.05) is 11.4 Å². The average Bonchev–Trinajstić information content (AvgIpc) is 2.26. The van der Waals surface area contributed by atoms with Crippen molar-refractivity contribution < 1.29 is 19.1 Å². The van der Waals surface area contributed by atoms with Crippen molar-refractivity contribution in [3.63, 3.8) is 0 Å². The lowest BCUT2D eigenvalue weighted by Crippen LogP contribution is -2.33. The highest BCUT2D eigenvalue weighted by atomic mass is 127. The number of hydrogen-bond acceptors (Lipinski definition) is 4. The number of amides is 2. The van der Waals surface area contributed by atoms with Gasteiger partial charge in [-0.25, -0.2) is 4.79 Å². The maximum Gasteiger partial charge on any atom is 0.397 e. The van der Waals surface area contributed by atoms with Crippen LogP contribution in [0.1, 0.15) is 5.56 Å². The van der Waals surface area contributed by atoms with Gasteiger partial charge in [0.05, 0.1) is 0 Å². The van der Waals surface area contributed by atoms with Gasteiger partial charge in [-0.2, -0.15) is 0 Å². The molecule has 0 heterocycles. The van der Waals surface area contributed by atoms with Gasteiger partial charge in [0.2, 0.25) is 0 Å². The lowest BCUT2D eigenvalue weighted by atomic mass is 10.2. The molecule has 0 spiro atoms. The number of halogens is 1. The maximum atomic E-state index is 11.1. The minimum absolute atomic E-state index is 0.00251. The summed E-state index contributed by atoms with van der Waals surface area (Å²) in [6.07, 6.45) is 0. The minimum Gasteiger partial charge on any atom is -0.454 e. The second-order valence-electron chi connectivity index (χ2n) is 2.79. The molecule has 2 amide bonds. The van der Waals surface area contributed by atoms with Crippen LogP contribution in [0, 0.1) is 0 Å². The van der Waals surface area contributed by atoms with E-state index >= 15 is 0 Å². The zero-order valence-corrected chi connectivity index (χ0v) is 10.3. The zero-order chi connectivity index (χ0) is 12.0. The SMILES string of the molecule is O=C(I)NC(=O)C(=O)OCc1ccccc1. The molecule has 16 heavy (non-hydrogen) atoms.